The molecule has 2 rings (SSSR count). The highest BCUT2D eigenvalue weighted by Crippen LogP contribution is 2.31. The van der Waals surface area contributed by atoms with Gasteiger partial charge in [-0.3, -0.25) is 4.79 Å². The van der Waals surface area contributed by atoms with E-state index in [0.717, 1.165) is 12.2 Å². The van der Waals surface area contributed by atoms with Gasteiger partial charge in [0.2, 0.25) is 5.91 Å². The van der Waals surface area contributed by atoms with Gasteiger partial charge in [0.25, 0.3) is 0 Å². The Kier molecular flexibility index (Phi) is 3.49. The number of rotatable bonds is 3. The van der Waals surface area contributed by atoms with E-state index in [2.05, 4.69) is 5.32 Å². The minimum Gasteiger partial charge on any atom is -0.493 e. The van der Waals surface area contributed by atoms with E-state index in [1.165, 1.54) is 0 Å². The second-order valence-corrected chi connectivity index (χ2v) is 3.76. The maximum absolute atomic E-state index is 11.7. The molecule has 0 bridgehead atoms. The molecule has 0 aliphatic carbocycles. The lowest BCUT2D eigenvalue weighted by molar-refractivity contribution is -0.118. The highest BCUT2D eigenvalue weighted by molar-refractivity contribution is 5.95. The summed E-state index contributed by atoms with van der Waals surface area (Å²) in [6.07, 6.45) is 0. The number of carbonyl (C=O) groups excluding carboxylic acids is 1. The van der Waals surface area contributed by atoms with Crippen molar-refractivity contribution in [1.29, 1.82) is 0 Å². The van der Waals surface area contributed by atoms with Gasteiger partial charge in [-0.15, -0.1) is 0 Å². The third-order valence-electron chi connectivity index (χ3n) is 2.77. The van der Waals surface area contributed by atoms with E-state index in [9.17, 15) is 4.79 Å². The van der Waals surface area contributed by atoms with Crippen molar-refractivity contribution < 1.29 is 14.3 Å². The van der Waals surface area contributed by atoms with Crippen molar-refractivity contribution in [2.45, 2.75) is 0 Å². The minimum atomic E-state index is 0.0727. The van der Waals surface area contributed by atoms with Gasteiger partial charge in [-0.1, -0.05) is 0 Å². The molecule has 1 aromatic carbocycles. The number of hydrogen-bond donors (Lipinski definition) is 1. The second kappa shape index (κ2) is 5.05. The van der Waals surface area contributed by atoms with Gasteiger partial charge in [0, 0.05) is 24.8 Å². The minimum absolute atomic E-state index is 0.0727. The number of carbonyl (C=O) groups is 1. The van der Waals surface area contributed by atoms with Gasteiger partial charge < -0.3 is 19.7 Å². The van der Waals surface area contributed by atoms with E-state index in [1.54, 1.807) is 19.1 Å². The first-order chi connectivity index (χ1) is 8.26. The van der Waals surface area contributed by atoms with E-state index in [4.69, 9.17) is 9.47 Å². The van der Waals surface area contributed by atoms with Crippen LogP contribution in [-0.2, 0) is 4.79 Å². The van der Waals surface area contributed by atoms with Crippen molar-refractivity contribution in [2.75, 3.05) is 38.8 Å². The lowest BCUT2D eigenvalue weighted by Gasteiger charge is -2.27. The topological polar surface area (TPSA) is 50.8 Å². The zero-order valence-electron chi connectivity index (χ0n) is 10.0. The number of ether oxygens (including phenoxy) is 2. The number of hydrogen-bond acceptors (Lipinski definition) is 4. The Morgan fingerprint density at radius 3 is 2.65 bits per heavy atom. The molecular formula is C12H16N2O3. The van der Waals surface area contributed by atoms with Gasteiger partial charge in [0.1, 0.15) is 0 Å². The molecule has 92 valence electrons. The predicted molar refractivity (Wildman–Crippen MR) is 64.8 cm³/mol. The Hall–Kier alpha value is -1.75. The Bertz CT molecular complexity index is 420. The summed E-state index contributed by atoms with van der Waals surface area (Å²) in [5.74, 6) is 1.37. The molecule has 5 nitrogen and oxygen atoms in total. The summed E-state index contributed by atoms with van der Waals surface area (Å²) < 4.78 is 10.4. The van der Waals surface area contributed by atoms with E-state index >= 15 is 0 Å². The van der Waals surface area contributed by atoms with Crippen LogP contribution in [0, 0.1) is 0 Å². The van der Waals surface area contributed by atoms with Gasteiger partial charge in [-0.2, -0.15) is 0 Å². The number of nitrogens with one attached hydrogen (secondary N) is 1. The number of amides is 1. The van der Waals surface area contributed by atoms with Crippen molar-refractivity contribution in [3.05, 3.63) is 18.2 Å². The molecule has 1 saturated heterocycles. The van der Waals surface area contributed by atoms with Crippen molar-refractivity contribution in [1.82, 2.24) is 5.32 Å². The third kappa shape index (κ3) is 2.34. The predicted octanol–water partition coefficient (Wildman–Crippen LogP) is 0.640. The summed E-state index contributed by atoms with van der Waals surface area (Å²) in [7, 11) is 3.18. The zero-order valence-corrected chi connectivity index (χ0v) is 10.0. The van der Waals surface area contributed by atoms with Crippen LogP contribution in [0.15, 0.2) is 18.2 Å². The zero-order chi connectivity index (χ0) is 12.3. The Morgan fingerprint density at radius 1 is 1.24 bits per heavy atom. The fraction of sp³-hybridized carbons (Fsp3) is 0.417. The number of benzene rings is 1. The van der Waals surface area contributed by atoms with E-state index < -0.39 is 0 Å². The Balaban J connectivity index is 2.29. The van der Waals surface area contributed by atoms with Gasteiger partial charge in [-0.05, 0) is 12.1 Å². The molecule has 0 unspecified atom stereocenters. The van der Waals surface area contributed by atoms with Crippen LogP contribution in [0.25, 0.3) is 0 Å². The van der Waals surface area contributed by atoms with E-state index in [-0.39, 0.29) is 5.91 Å². The Labute approximate surface area is 100 Å². The summed E-state index contributed by atoms with van der Waals surface area (Å²) >= 11 is 0. The molecule has 5 heteroatoms. The number of methoxy groups -OCH3 is 2. The fourth-order valence-electron chi connectivity index (χ4n) is 1.87. The van der Waals surface area contributed by atoms with Crippen LogP contribution in [0.1, 0.15) is 0 Å². The van der Waals surface area contributed by atoms with Crippen molar-refractivity contribution in [3.63, 3.8) is 0 Å². The standard InChI is InChI=1S/C12H16N2O3/c1-16-10-4-3-9(7-11(10)17-2)14-6-5-13-8-12(14)15/h3-4,7,13H,5-6,8H2,1-2H3. The second-order valence-electron chi connectivity index (χ2n) is 3.76. The maximum Gasteiger partial charge on any atom is 0.240 e. The monoisotopic (exact) mass is 236 g/mol. The first-order valence-electron chi connectivity index (χ1n) is 5.49. The molecule has 1 N–H and O–H groups in total. The quantitative estimate of drug-likeness (QED) is 0.836. The van der Waals surface area contributed by atoms with Crippen LogP contribution in [0.5, 0.6) is 11.5 Å². The van der Waals surface area contributed by atoms with Crippen molar-refractivity contribution in [3.8, 4) is 11.5 Å². The normalized spacial score (nSPS) is 15.9. The number of piperazine rings is 1. The van der Waals surface area contributed by atoms with Gasteiger partial charge in [0.15, 0.2) is 11.5 Å². The molecule has 0 saturated carbocycles. The van der Waals surface area contributed by atoms with Crippen LogP contribution in [0.3, 0.4) is 0 Å². The van der Waals surface area contributed by atoms with Gasteiger partial charge in [0.05, 0.1) is 20.8 Å². The Morgan fingerprint density at radius 2 is 2.00 bits per heavy atom. The summed E-state index contributed by atoms with van der Waals surface area (Å²) in [5, 5.41) is 3.04. The molecule has 17 heavy (non-hydrogen) atoms. The average molecular weight is 236 g/mol. The molecule has 0 spiro atoms. The molecule has 0 atom stereocenters. The van der Waals surface area contributed by atoms with Crippen molar-refractivity contribution in [2.24, 2.45) is 0 Å². The first kappa shape index (κ1) is 11.7. The maximum atomic E-state index is 11.7. The third-order valence-corrected chi connectivity index (χ3v) is 2.77. The van der Waals surface area contributed by atoms with Crippen LogP contribution in [-0.4, -0.2) is 39.8 Å². The van der Waals surface area contributed by atoms with Crippen LogP contribution in [0.2, 0.25) is 0 Å². The summed E-state index contributed by atoms with van der Waals surface area (Å²) in [4.78, 5) is 13.5. The van der Waals surface area contributed by atoms with E-state index in [0.29, 0.717) is 24.6 Å². The number of anilines is 1. The van der Waals surface area contributed by atoms with Gasteiger partial charge >= 0.3 is 0 Å². The fourth-order valence-corrected chi connectivity index (χ4v) is 1.87. The van der Waals surface area contributed by atoms with Crippen LogP contribution < -0.4 is 19.7 Å². The molecule has 1 fully saturated rings. The SMILES string of the molecule is COc1ccc(N2CCNCC2=O)cc1OC. The lowest BCUT2D eigenvalue weighted by atomic mass is 10.2. The summed E-state index contributed by atoms with van der Waals surface area (Å²) in [6, 6.07) is 5.50. The van der Waals surface area contributed by atoms with Crippen molar-refractivity contribution >= 4 is 11.6 Å². The molecule has 1 heterocycles. The largest absolute Gasteiger partial charge is 0.493 e. The molecule has 0 aromatic heterocycles. The molecular weight excluding hydrogens is 220 g/mol. The molecule has 1 amide bonds. The molecule has 0 radical (unpaired) electrons. The molecule has 1 aromatic rings. The van der Waals surface area contributed by atoms with Gasteiger partial charge in [-0.25, -0.2) is 0 Å². The number of nitrogens with zero attached hydrogens (tertiary/aromatic N) is 1. The van der Waals surface area contributed by atoms with E-state index in [1.807, 2.05) is 18.2 Å². The summed E-state index contributed by atoms with van der Waals surface area (Å²) in [5.41, 5.74) is 0.842. The first-order valence-corrected chi connectivity index (χ1v) is 5.49. The molecule has 1 aliphatic rings. The molecule has 1 aliphatic heterocycles. The summed E-state index contributed by atoms with van der Waals surface area (Å²) in [6.45, 7) is 1.86. The van der Waals surface area contributed by atoms with Crippen LogP contribution >= 0.6 is 0 Å². The highest BCUT2D eigenvalue weighted by Gasteiger charge is 2.20. The average Bonchev–Trinajstić information content (AvgIpc) is 2.38. The highest BCUT2D eigenvalue weighted by atomic mass is 16.5. The lowest BCUT2D eigenvalue weighted by Crippen LogP contribution is -2.48. The smallest absolute Gasteiger partial charge is 0.240 e. The van der Waals surface area contributed by atoms with Crippen LogP contribution in [0.4, 0.5) is 5.69 Å².